The van der Waals surface area contributed by atoms with E-state index in [9.17, 15) is 4.79 Å². The third-order valence-electron chi connectivity index (χ3n) is 4.33. The predicted molar refractivity (Wildman–Crippen MR) is 71.4 cm³/mol. The van der Waals surface area contributed by atoms with Gasteiger partial charge in [0, 0.05) is 26.2 Å². The van der Waals surface area contributed by atoms with Crippen molar-refractivity contribution < 1.29 is 9.53 Å². The molecule has 18 heavy (non-hydrogen) atoms. The molecule has 2 fully saturated rings. The molecule has 1 aliphatic heterocycles. The van der Waals surface area contributed by atoms with Crippen molar-refractivity contribution in [3.05, 3.63) is 0 Å². The Morgan fingerprint density at radius 3 is 2.33 bits per heavy atom. The number of carbonyl (C=O) groups is 1. The Labute approximate surface area is 110 Å². The molecule has 104 valence electrons. The minimum Gasteiger partial charge on any atom is -0.468 e. The number of nitrogens with one attached hydrogen (secondary N) is 1. The average molecular weight is 254 g/mol. The third-order valence-corrected chi connectivity index (χ3v) is 4.33. The Hall–Kier alpha value is -0.610. The smallest absolute Gasteiger partial charge is 0.323 e. The molecule has 0 amide bonds. The first-order chi connectivity index (χ1) is 8.83. The highest BCUT2D eigenvalue weighted by Gasteiger charge is 2.35. The Bertz CT molecular complexity index is 257. The standard InChI is InChI=1S/C14H26N2O2/c1-18-14(17)13(16-10-8-15-9-11-16)12-6-4-2-3-5-7-12/h12-13,15H,2-11H2,1H3. The summed E-state index contributed by atoms with van der Waals surface area (Å²) < 4.78 is 5.06. The van der Waals surface area contributed by atoms with E-state index in [2.05, 4.69) is 10.2 Å². The zero-order chi connectivity index (χ0) is 12.8. The van der Waals surface area contributed by atoms with Gasteiger partial charge in [-0.15, -0.1) is 0 Å². The van der Waals surface area contributed by atoms with E-state index in [-0.39, 0.29) is 12.0 Å². The summed E-state index contributed by atoms with van der Waals surface area (Å²) >= 11 is 0. The molecule has 1 N–H and O–H groups in total. The molecule has 1 aliphatic carbocycles. The quantitative estimate of drug-likeness (QED) is 0.611. The fourth-order valence-electron chi connectivity index (χ4n) is 3.35. The van der Waals surface area contributed by atoms with E-state index in [4.69, 9.17) is 4.74 Å². The van der Waals surface area contributed by atoms with Crippen molar-refractivity contribution in [3.63, 3.8) is 0 Å². The number of hydrogen-bond acceptors (Lipinski definition) is 4. The van der Waals surface area contributed by atoms with Crippen LogP contribution in [0.25, 0.3) is 0 Å². The van der Waals surface area contributed by atoms with Crippen LogP contribution in [0.4, 0.5) is 0 Å². The van der Waals surface area contributed by atoms with E-state index < -0.39 is 0 Å². The van der Waals surface area contributed by atoms with Crippen LogP contribution in [-0.4, -0.2) is 50.2 Å². The Kier molecular flexibility index (Phi) is 5.45. The molecule has 0 aromatic carbocycles. The predicted octanol–water partition coefficient (Wildman–Crippen LogP) is 1.40. The first-order valence-electron chi connectivity index (χ1n) is 7.35. The van der Waals surface area contributed by atoms with Gasteiger partial charge in [0.15, 0.2) is 0 Å². The molecule has 0 bridgehead atoms. The maximum Gasteiger partial charge on any atom is 0.323 e. The molecular formula is C14H26N2O2. The van der Waals surface area contributed by atoms with Gasteiger partial charge in [0.2, 0.25) is 0 Å². The van der Waals surface area contributed by atoms with Gasteiger partial charge in [-0.25, -0.2) is 0 Å². The zero-order valence-electron chi connectivity index (χ0n) is 11.5. The van der Waals surface area contributed by atoms with Crippen molar-refractivity contribution in [2.24, 2.45) is 5.92 Å². The molecule has 1 saturated carbocycles. The van der Waals surface area contributed by atoms with Crippen molar-refractivity contribution in [1.82, 2.24) is 10.2 Å². The van der Waals surface area contributed by atoms with Crippen LogP contribution in [0.2, 0.25) is 0 Å². The minimum absolute atomic E-state index is 0.00444. The van der Waals surface area contributed by atoms with E-state index in [1.165, 1.54) is 45.6 Å². The van der Waals surface area contributed by atoms with Gasteiger partial charge < -0.3 is 10.1 Å². The minimum atomic E-state index is -0.0243. The molecule has 0 spiro atoms. The van der Waals surface area contributed by atoms with Gasteiger partial charge in [0.05, 0.1) is 7.11 Å². The summed E-state index contributed by atoms with van der Waals surface area (Å²) in [6.07, 6.45) is 7.56. The summed E-state index contributed by atoms with van der Waals surface area (Å²) in [5.41, 5.74) is 0. The van der Waals surface area contributed by atoms with Crippen molar-refractivity contribution in [2.75, 3.05) is 33.3 Å². The van der Waals surface area contributed by atoms with E-state index in [0.29, 0.717) is 5.92 Å². The molecule has 0 aromatic heterocycles. The average Bonchev–Trinajstić information content (AvgIpc) is 2.69. The number of methoxy groups -OCH3 is 1. The third kappa shape index (κ3) is 3.45. The number of hydrogen-bond donors (Lipinski definition) is 1. The lowest BCUT2D eigenvalue weighted by atomic mass is 9.90. The lowest BCUT2D eigenvalue weighted by molar-refractivity contribution is -0.150. The molecule has 2 rings (SSSR count). The SMILES string of the molecule is COC(=O)C(C1CCCCCC1)N1CCNCC1. The summed E-state index contributed by atoms with van der Waals surface area (Å²) in [4.78, 5) is 14.5. The molecule has 1 atom stereocenters. The van der Waals surface area contributed by atoms with Gasteiger partial charge in [-0.05, 0) is 18.8 Å². The highest BCUT2D eigenvalue weighted by Crippen LogP contribution is 2.29. The molecule has 0 radical (unpaired) electrons. The van der Waals surface area contributed by atoms with Crippen LogP contribution in [0.15, 0.2) is 0 Å². The fraction of sp³-hybridized carbons (Fsp3) is 0.929. The lowest BCUT2D eigenvalue weighted by Crippen LogP contribution is -2.54. The maximum atomic E-state index is 12.1. The van der Waals surface area contributed by atoms with Crippen molar-refractivity contribution in [1.29, 1.82) is 0 Å². The molecule has 4 heteroatoms. The summed E-state index contributed by atoms with van der Waals surface area (Å²) in [6, 6.07) is -0.00444. The molecule has 0 aromatic rings. The second kappa shape index (κ2) is 7.10. The molecule has 4 nitrogen and oxygen atoms in total. The largest absolute Gasteiger partial charge is 0.468 e. The van der Waals surface area contributed by atoms with Crippen LogP contribution in [0.1, 0.15) is 38.5 Å². The van der Waals surface area contributed by atoms with Crippen molar-refractivity contribution in [2.45, 2.75) is 44.6 Å². The van der Waals surface area contributed by atoms with Gasteiger partial charge in [-0.3, -0.25) is 9.69 Å². The van der Waals surface area contributed by atoms with E-state index in [1.54, 1.807) is 0 Å². The van der Waals surface area contributed by atoms with Crippen LogP contribution in [0, 0.1) is 5.92 Å². The molecular weight excluding hydrogens is 228 g/mol. The second-order valence-electron chi connectivity index (χ2n) is 5.51. The highest BCUT2D eigenvalue weighted by molar-refractivity contribution is 5.76. The number of nitrogens with zero attached hydrogens (tertiary/aromatic N) is 1. The van der Waals surface area contributed by atoms with Crippen molar-refractivity contribution >= 4 is 5.97 Å². The van der Waals surface area contributed by atoms with Gasteiger partial charge in [-0.2, -0.15) is 0 Å². The number of carbonyl (C=O) groups excluding carboxylic acids is 1. The van der Waals surface area contributed by atoms with E-state index in [1.807, 2.05) is 0 Å². The van der Waals surface area contributed by atoms with Crippen LogP contribution >= 0.6 is 0 Å². The van der Waals surface area contributed by atoms with Crippen molar-refractivity contribution in [3.8, 4) is 0 Å². The summed E-state index contributed by atoms with van der Waals surface area (Å²) in [5.74, 6) is 0.474. The first kappa shape index (κ1) is 13.8. The lowest BCUT2D eigenvalue weighted by Gasteiger charge is -2.37. The highest BCUT2D eigenvalue weighted by atomic mass is 16.5. The number of esters is 1. The van der Waals surface area contributed by atoms with Gasteiger partial charge in [0.25, 0.3) is 0 Å². The summed E-state index contributed by atoms with van der Waals surface area (Å²) in [7, 11) is 1.52. The van der Waals surface area contributed by atoms with E-state index >= 15 is 0 Å². The zero-order valence-corrected chi connectivity index (χ0v) is 11.5. The van der Waals surface area contributed by atoms with Gasteiger partial charge >= 0.3 is 5.97 Å². The fourth-order valence-corrected chi connectivity index (χ4v) is 3.35. The topological polar surface area (TPSA) is 41.6 Å². The van der Waals surface area contributed by atoms with Crippen LogP contribution in [0.3, 0.4) is 0 Å². The molecule has 1 heterocycles. The van der Waals surface area contributed by atoms with E-state index in [0.717, 1.165) is 26.2 Å². The number of ether oxygens (including phenoxy) is 1. The van der Waals surface area contributed by atoms with Gasteiger partial charge in [0.1, 0.15) is 6.04 Å². The van der Waals surface area contributed by atoms with Crippen LogP contribution in [0.5, 0.6) is 0 Å². The monoisotopic (exact) mass is 254 g/mol. The first-order valence-corrected chi connectivity index (χ1v) is 7.35. The number of rotatable bonds is 3. The molecule has 1 saturated heterocycles. The second-order valence-corrected chi connectivity index (χ2v) is 5.51. The number of piperazine rings is 1. The normalized spacial score (nSPS) is 25.4. The maximum absolute atomic E-state index is 12.1. The summed E-state index contributed by atoms with van der Waals surface area (Å²) in [6.45, 7) is 3.91. The molecule has 1 unspecified atom stereocenters. The van der Waals surface area contributed by atoms with Crippen LogP contribution in [-0.2, 0) is 9.53 Å². The molecule has 2 aliphatic rings. The Morgan fingerprint density at radius 1 is 1.17 bits per heavy atom. The van der Waals surface area contributed by atoms with Crippen LogP contribution < -0.4 is 5.32 Å². The van der Waals surface area contributed by atoms with Gasteiger partial charge in [-0.1, -0.05) is 25.7 Å². The Balaban J connectivity index is 2.04. The Morgan fingerprint density at radius 2 is 1.78 bits per heavy atom. The summed E-state index contributed by atoms with van der Waals surface area (Å²) in [5, 5.41) is 3.35.